The topological polar surface area (TPSA) is 74.0 Å². The molecule has 1 N–H and O–H groups in total. The first kappa shape index (κ1) is 16.1. The van der Waals surface area contributed by atoms with Gasteiger partial charge in [0.2, 0.25) is 0 Å². The van der Waals surface area contributed by atoms with Crippen LogP contribution in [0.15, 0.2) is 35.4 Å². The van der Waals surface area contributed by atoms with Crippen LogP contribution in [-0.4, -0.2) is 21.3 Å². The predicted octanol–water partition coefficient (Wildman–Crippen LogP) is 3.80. The molecule has 0 radical (unpaired) electrons. The van der Waals surface area contributed by atoms with Crippen molar-refractivity contribution in [3.8, 4) is 17.3 Å². The van der Waals surface area contributed by atoms with Crippen molar-refractivity contribution < 1.29 is 9.90 Å². The van der Waals surface area contributed by atoms with E-state index in [9.17, 15) is 10.1 Å². The molecule has 0 saturated heterocycles. The van der Waals surface area contributed by atoms with Crippen LogP contribution in [0.2, 0.25) is 0 Å². The third-order valence-corrected chi connectivity index (χ3v) is 4.35. The number of hydrogen-bond acceptors (Lipinski definition) is 4. The van der Waals surface area contributed by atoms with Crippen LogP contribution < -0.4 is 0 Å². The fourth-order valence-electron chi connectivity index (χ4n) is 1.99. The zero-order chi connectivity index (χ0) is 16.3. The summed E-state index contributed by atoms with van der Waals surface area (Å²) in [5.41, 5.74) is 4.19. The molecule has 0 bridgehead atoms. The SMILES string of the molecule is Cc1ccc(-c2nc(SC(C)C(=O)O)c(C#N)cc2C)cc1. The number of carboxylic acid groups (broad SMARTS) is 1. The molecule has 0 aliphatic rings. The second kappa shape index (κ2) is 6.63. The highest BCUT2D eigenvalue weighted by molar-refractivity contribution is 8.00. The maximum absolute atomic E-state index is 11.0. The number of benzene rings is 1. The molecule has 1 heterocycles. The van der Waals surface area contributed by atoms with Crippen LogP contribution in [0.4, 0.5) is 0 Å². The second-order valence-corrected chi connectivity index (χ2v) is 6.41. The molecule has 0 amide bonds. The molecule has 0 saturated carbocycles. The fraction of sp³-hybridized carbons (Fsp3) is 0.235. The number of hydrogen-bond donors (Lipinski definition) is 1. The lowest BCUT2D eigenvalue weighted by Gasteiger charge is -2.12. The highest BCUT2D eigenvalue weighted by Gasteiger charge is 2.18. The first-order valence-corrected chi connectivity index (χ1v) is 7.68. The molecule has 2 aromatic rings. The second-order valence-electron chi connectivity index (χ2n) is 5.08. The van der Waals surface area contributed by atoms with Crippen LogP contribution in [0.3, 0.4) is 0 Å². The number of aliphatic carboxylic acids is 1. The van der Waals surface area contributed by atoms with Gasteiger partial charge in [-0.1, -0.05) is 41.6 Å². The Kier molecular flexibility index (Phi) is 4.84. The van der Waals surface area contributed by atoms with Crippen LogP contribution in [0.25, 0.3) is 11.3 Å². The highest BCUT2D eigenvalue weighted by atomic mass is 32.2. The smallest absolute Gasteiger partial charge is 0.316 e. The number of aryl methyl sites for hydroxylation is 2. The lowest BCUT2D eigenvalue weighted by molar-refractivity contribution is -0.136. The lowest BCUT2D eigenvalue weighted by atomic mass is 10.0. The van der Waals surface area contributed by atoms with Gasteiger partial charge in [-0.15, -0.1) is 0 Å². The molecule has 2 rings (SSSR count). The van der Waals surface area contributed by atoms with Crippen LogP contribution in [0.1, 0.15) is 23.6 Å². The van der Waals surface area contributed by atoms with Crippen molar-refractivity contribution >= 4 is 17.7 Å². The van der Waals surface area contributed by atoms with Gasteiger partial charge in [0, 0.05) is 5.56 Å². The Hall–Kier alpha value is -2.32. The van der Waals surface area contributed by atoms with E-state index in [-0.39, 0.29) is 0 Å². The third kappa shape index (κ3) is 3.46. The minimum Gasteiger partial charge on any atom is -0.480 e. The van der Waals surface area contributed by atoms with E-state index in [0.29, 0.717) is 10.6 Å². The number of rotatable bonds is 4. The Labute approximate surface area is 133 Å². The standard InChI is InChI=1S/C17H16N2O2S/c1-10-4-6-13(7-5-10)15-11(2)8-14(9-18)16(19-15)22-12(3)17(20)21/h4-8,12H,1-3H3,(H,20,21). The number of aromatic nitrogens is 1. The van der Waals surface area contributed by atoms with Gasteiger partial charge >= 0.3 is 5.97 Å². The molecule has 0 spiro atoms. The van der Waals surface area contributed by atoms with Crippen LogP contribution in [-0.2, 0) is 4.79 Å². The van der Waals surface area contributed by atoms with Crippen molar-refractivity contribution in [3.63, 3.8) is 0 Å². The van der Waals surface area contributed by atoms with Crippen molar-refractivity contribution in [2.75, 3.05) is 0 Å². The van der Waals surface area contributed by atoms with Crippen molar-refractivity contribution in [2.24, 2.45) is 0 Å². The van der Waals surface area contributed by atoms with Crippen molar-refractivity contribution in [1.29, 1.82) is 5.26 Å². The zero-order valence-electron chi connectivity index (χ0n) is 12.6. The van der Waals surface area contributed by atoms with E-state index in [1.165, 1.54) is 0 Å². The lowest BCUT2D eigenvalue weighted by Crippen LogP contribution is -2.12. The van der Waals surface area contributed by atoms with E-state index in [2.05, 4.69) is 11.1 Å². The summed E-state index contributed by atoms with van der Waals surface area (Å²) in [6, 6.07) is 11.8. The van der Waals surface area contributed by atoms with Gasteiger partial charge in [-0.25, -0.2) is 4.98 Å². The average Bonchev–Trinajstić information content (AvgIpc) is 2.49. The first-order valence-electron chi connectivity index (χ1n) is 6.80. The van der Waals surface area contributed by atoms with Gasteiger partial charge in [-0.2, -0.15) is 5.26 Å². The summed E-state index contributed by atoms with van der Waals surface area (Å²) in [6.45, 7) is 5.50. The van der Waals surface area contributed by atoms with Crippen molar-refractivity contribution in [1.82, 2.24) is 4.98 Å². The molecule has 4 nitrogen and oxygen atoms in total. The van der Waals surface area contributed by atoms with E-state index >= 15 is 0 Å². The molecule has 1 atom stereocenters. The number of carboxylic acids is 1. The summed E-state index contributed by atoms with van der Waals surface area (Å²) in [7, 11) is 0. The third-order valence-electron chi connectivity index (χ3n) is 3.26. The highest BCUT2D eigenvalue weighted by Crippen LogP contribution is 2.30. The number of carbonyl (C=O) groups is 1. The average molecular weight is 312 g/mol. The van der Waals surface area contributed by atoms with E-state index in [1.807, 2.05) is 38.1 Å². The summed E-state index contributed by atoms with van der Waals surface area (Å²) in [4.78, 5) is 15.6. The molecule has 22 heavy (non-hydrogen) atoms. The normalized spacial score (nSPS) is 11.7. The molecular weight excluding hydrogens is 296 g/mol. The molecule has 1 unspecified atom stereocenters. The maximum Gasteiger partial charge on any atom is 0.316 e. The van der Waals surface area contributed by atoms with Crippen LogP contribution in [0, 0.1) is 25.2 Å². The van der Waals surface area contributed by atoms with E-state index in [4.69, 9.17) is 5.11 Å². The van der Waals surface area contributed by atoms with Crippen LogP contribution in [0.5, 0.6) is 0 Å². The first-order chi connectivity index (χ1) is 10.4. The van der Waals surface area contributed by atoms with Crippen molar-refractivity contribution in [3.05, 3.63) is 47.0 Å². The predicted molar refractivity (Wildman–Crippen MR) is 86.8 cm³/mol. The molecule has 0 fully saturated rings. The summed E-state index contributed by atoms with van der Waals surface area (Å²) in [6.07, 6.45) is 0. The van der Waals surface area contributed by atoms with Crippen LogP contribution >= 0.6 is 11.8 Å². The molecule has 0 aliphatic heterocycles. The van der Waals surface area contributed by atoms with Gasteiger partial charge in [0.1, 0.15) is 16.3 Å². The molecule has 112 valence electrons. The monoisotopic (exact) mass is 312 g/mol. The Balaban J connectivity index is 2.50. The quantitative estimate of drug-likeness (QED) is 0.869. The summed E-state index contributed by atoms with van der Waals surface area (Å²) < 4.78 is 0. The molecular formula is C17H16N2O2S. The number of pyridine rings is 1. The minimum atomic E-state index is -0.923. The van der Waals surface area contributed by atoms with Gasteiger partial charge in [-0.05, 0) is 32.4 Å². The van der Waals surface area contributed by atoms with Gasteiger partial charge < -0.3 is 5.11 Å². The van der Waals surface area contributed by atoms with E-state index < -0.39 is 11.2 Å². The number of nitriles is 1. The van der Waals surface area contributed by atoms with Gasteiger partial charge in [0.15, 0.2) is 0 Å². The Morgan fingerprint density at radius 1 is 1.32 bits per heavy atom. The molecule has 1 aromatic carbocycles. The Bertz CT molecular complexity index is 748. The summed E-state index contributed by atoms with van der Waals surface area (Å²) in [5.74, 6) is -0.923. The number of thioether (sulfide) groups is 1. The van der Waals surface area contributed by atoms with E-state index in [1.54, 1.807) is 13.0 Å². The van der Waals surface area contributed by atoms with Crippen molar-refractivity contribution in [2.45, 2.75) is 31.0 Å². The Morgan fingerprint density at radius 2 is 1.95 bits per heavy atom. The van der Waals surface area contributed by atoms with Gasteiger partial charge in [0.05, 0.1) is 11.3 Å². The zero-order valence-corrected chi connectivity index (χ0v) is 13.4. The summed E-state index contributed by atoms with van der Waals surface area (Å²) in [5, 5.41) is 18.1. The van der Waals surface area contributed by atoms with Gasteiger partial charge in [-0.3, -0.25) is 4.79 Å². The van der Waals surface area contributed by atoms with E-state index in [0.717, 1.165) is 34.1 Å². The maximum atomic E-state index is 11.0. The number of nitrogens with zero attached hydrogens (tertiary/aromatic N) is 2. The fourth-order valence-corrected chi connectivity index (χ4v) is 2.80. The minimum absolute atomic E-state index is 0.409. The van der Waals surface area contributed by atoms with Gasteiger partial charge in [0.25, 0.3) is 0 Å². The molecule has 0 aliphatic carbocycles. The molecule has 5 heteroatoms. The molecule has 1 aromatic heterocycles. The largest absolute Gasteiger partial charge is 0.480 e. The summed E-state index contributed by atoms with van der Waals surface area (Å²) >= 11 is 1.09. The Morgan fingerprint density at radius 3 is 2.50 bits per heavy atom.